The fourth-order valence-corrected chi connectivity index (χ4v) is 2.11. The molecule has 2 aromatic rings. The number of hydrogen-bond donors (Lipinski definition) is 1. The number of benzene rings is 2. The third-order valence-electron chi connectivity index (χ3n) is 3.18. The van der Waals surface area contributed by atoms with Gasteiger partial charge in [-0.2, -0.15) is 0 Å². The molecule has 0 saturated heterocycles. The van der Waals surface area contributed by atoms with Crippen molar-refractivity contribution in [2.75, 3.05) is 7.11 Å². The van der Waals surface area contributed by atoms with Crippen LogP contribution in [0.3, 0.4) is 0 Å². The molecule has 0 amide bonds. The Hall–Kier alpha value is -1.80. The topological polar surface area (TPSA) is 35.2 Å². The van der Waals surface area contributed by atoms with Gasteiger partial charge in [0.05, 0.1) is 7.11 Å². The zero-order chi connectivity index (χ0) is 13.0. The maximum absolute atomic E-state index is 5.83. The third-order valence-corrected chi connectivity index (χ3v) is 3.18. The highest BCUT2D eigenvalue weighted by atomic mass is 16.5. The summed E-state index contributed by atoms with van der Waals surface area (Å²) in [5.41, 5.74) is 10.7. The summed E-state index contributed by atoms with van der Waals surface area (Å²) in [5, 5.41) is 0. The lowest BCUT2D eigenvalue weighted by atomic mass is 9.97. The Bertz CT molecular complexity index is 534. The van der Waals surface area contributed by atoms with Gasteiger partial charge in [0.15, 0.2) is 0 Å². The van der Waals surface area contributed by atoms with E-state index in [4.69, 9.17) is 10.5 Å². The predicted molar refractivity (Wildman–Crippen MR) is 75.7 cm³/mol. The first-order valence-electron chi connectivity index (χ1n) is 6.24. The van der Waals surface area contributed by atoms with Crippen molar-refractivity contribution >= 4 is 0 Å². The van der Waals surface area contributed by atoms with Gasteiger partial charge in [0.1, 0.15) is 5.75 Å². The van der Waals surface area contributed by atoms with Crippen molar-refractivity contribution in [2.24, 2.45) is 5.73 Å². The van der Waals surface area contributed by atoms with E-state index in [2.05, 4.69) is 37.3 Å². The van der Waals surface area contributed by atoms with Crippen LogP contribution in [0.15, 0.2) is 42.5 Å². The Kier molecular flexibility index (Phi) is 4.00. The third kappa shape index (κ3) is 2.54. The Morgan fingerprint density at radius 3 is 2.61 bits per heavy atom. The summed E-state index contributed by atoms with van der Waals surface area (Å²) in [6.07, 6.45) is 1.04. The molecule has 18 heavy (non-hydrogen) atoms. The molecule has 2 nitrogen and oxygen atoms in total. The molecule has 0 bridgehead atoms. The molecule has 0 fully saturated rings. The molecule has 0 spiro atoms. The van der Waals surface area contributed by atoms with Gasteiger partial charge in [-0.1, -0.05) is 37.3 Å². The van der Waals surface area contributed by atoms with Crippen molar-refractivity contribution in [1.29, 1.82) is 0 Å². The van der Waals surface area contributed by atoms with Gasteiger partial charge >= 0.3 is 0 Å². The van der Waals surface area contributed by atoms with Crippen LogP contribution in [0.5, 0.6) is 5.75 Å². The molecule has 0 radical (unpaired) electrons. The van der Waals surface area contributed by atoms with Gasteiger partial charge in [-0.3, -0.25) is 0 Å². The van der Waals surface area contributed by atoms with Crippen LogP contribution in [0.4, 0.5) is 0 Å². The maximum Gasteiger partial charge on any atom is 0.119 e. The van der Waals surface area contributed by atoms with Crippen molar-refractivity contribution in [1.82, 2.24) is 0 Å². The fourth-order valence-electron chi connectivity index (χ4n) is 2.11. The Labute approximate surface area is 108 Å². The van der Waals surface area contributed by atoms with E-state index in [1.165, 1.54) is 16.7 Å². The van der Waals surface area contributed by atoms with E-state index in [9.17, 15) is 0 Å². The Morgan fingerprint density at radius 2 is 1.94 bits per heavy atom. The number of methoxy groups -OCH3 is 1. The van der Waals surface area contributed by atoms with Gasteiger partial charge < -0.3 is 10.5 Å². The SMILES string of the molecule is CCc1cccc(-c2ccc(OC)cc2CN)c1. The highest BCUT2D eigenvalue weighted by Gasteiger charge is 2.06. The van der Waals surface area contributed by atoms with Crippen molar-refractivity contribution in [3.8, 4) is 16.9 Å². The van der Waals surface area contributed by atoms with Crippen molar-refractivity contribution in [2.45, 2.75) is 19.9 Å². The lowest BCUT2D eigenvalue weighted by molar-refractivity contribution is 0.414. The first kappa shape index (κ1) is 12.7. The summed E-state index contributed by atoms with van der Waals surface area (Å²) in [7, 11) is 1.67. The molecule has 94 valence electrons. The number of rotatable bonds is 4. The lowest BCUT2D eigenvalue weighted by Gasteiger charge is -2.11. The molecule has 0 aliphatic rings. The van der Waals surface area contributed by atoms with Crippen LogP contribution in [0.2, 0.25) is 0 Å². The molecule has 0 saturated carbocycles. The first-order chi connectivity index (χ1) is 8.78. The van der Waals surface area contributed by atoms with Gasteiger partial charge in [0, 0.05) is 6.54 Å². The molecule has 0 heterocycles. The number of hydrogen-bond acceptors (Lipinski definition) is 2. The van der Waals surface area contributed by atoms with Crippen LogP contribution < -0.4 is 10.5 Å². The van der Waals surface area contributed by atoms with E-state index in [0.29, 0.717) is 6.54 Å². The molecule has 0 aliphatic carbocycles. The highest BCUT2D eigenvalue weighted by Crippen LogP contribution is 2.27. The Balaban J connectivity index is 2.48. The number of aryl methyl sites for hydroxylation is 1. The van der Waals surface area contributed by atoms with Gasteiger partial charge in [0.2, 0.25) is 0 Å². The second-order valence-corrected chi connectivity index (χ2v) is 4.28. The molecule has 2 heteroatoms. The first-order valence-corrected chi connectivity index (χ1v) is 6.24. The zero-order valence-electron chi connectivity index (χ0n) is 10.9. The smallest absolute Gasteiger partial charge is 0.119 e. The van der Waals surface area contributed by atoms with Crippen LogP contribution >= 0.6 is 0 Å². The average molecular weight is 241 g/mol. The summed E-state index contributed by atoms with van der Waals surface area (Å²) in [4.78, 5) is 0. The summed E-state index contributed by atoms with van der Waals surface area (Å²) in [5.74, 6) is 0.853. The second kappa shape index (κ2) is 5.69. The minimum absolute atomic E-state index is 0.517. The normalized spacial score (nSPS) is 10.4. The molecule has 2 aromatic carbocycles. The molecule has 0 aromatic heterocycles. The minimum atomic E-state index is 0.517. The summed E-state index contributed by atoms with van der Waals surface area (Å²) < 4.78 is 5.24. The highest BCUT2D eigenvalue weighted by molar-refractivity contribution is 5.69. The largest absolute Gasteiger partial charge is 0.497 e. The Morgan fingerprint density at radius 1 is 1.11 bits per heavy atom. The van der Waals surface area contributed by atoms with Gasteiger partial charge in [-0.05, 0) is 40.8 Å². The maximum atomic E-state index is 5.83. The lowest BCUT2D eigenvalue weighted by Crippen LogP contribution is -2.00. The fraction of sp³-hybridized carbons (Fsp3) is 0.250. The molecular formula is C16H19NO. The van der Waals surface area contributed by atoms with E-state index in [-0.39, 0.29) is 0 Å². The van der Waals surface area contributed by atoms with Crippen LogP contribution in [-0.4, -0.2) is 7.11 Å². The van der Waals surface area contributed by atoms with Crippen LogP contribution in [0.25, 0.3) is 11.1 Å². The minimum Gasteiger partial charge on any atom is -0.497 e. The second-order valence-electron chi connectivity index (χ2n) is 4.28. The van der Waals surface area contributed by atoms with E-state index < -0.39 is 0 Å². The van der Waals surface area contributed by atoms with Crippen molar-refractivity contribution in [3.63, 3.8) is 0 Å². The van der Waals surface area contributed by atoms with Gasteiger partial charge in [-0.15, -0.1) is 0 Å². The molecule has 0 aliphatic heterocycles. The van der Waals surface area contributed by atoms with E-state index in [0.717, 1.165) is 17.7 Å². The molecule has 0 atom stereocenters. The standard InChI is InChI=1S/C16H19NO/c1-3-12-5-4-6-13(9-12)16-8-7-15(18-2)10-14(16)11-17/h4-10H,3,11,17H2,1-2H3. The molecular weight excluding hydrogens is 222 g/mol. The number of nitrogens with two attached hydrogens (primary N) is 1. The summed E-state index contributed by atoms with van der Waals surface area (Å²) in [6.45, 7) is 2.68. The average Bonchev–Trinajstić information content (AvgIpc) is 2.46. The van der Waals surface area contributed by atoms with E-state index in [1.54, 1.807) is 7.11 Å². The summed E-state index contributed by atoms with van der Waals surface area (Å²) in [6, 6.07) is 14.7. The predicted octanol–water partition coefficient (Wildman–Crippen LogP) is 3.38. The zero-order valence-corrected chi connectivity index (χ0v) is 10.9. The summed E-state index contributed by atoms with van der Waals surface area (Å²) >= 11 is 0. The van der Waals surface area contributed by atoms with E-state index in [1.807, 2.05) is 12.1 Å². The van der Waals surface area contributed by atoms with Crippen LogP contribution in [-0.2, 0) is 13.0 Å². The van der Waals surface area contributed by atoms with E-state index >= 15 is 0 Å². The van der Waals surface area contributed by atoms with Gasteiger partial charge in [0.25, 0.3) is 0 Å². The van der Waals surface area contributed by atoms with Crippen LogP contribution in [0.1, 0.15) is 18.1 Å². The van der Waals surface area contributed by atoms with Crippen LogP contribution in [0, 0.1) is 0 Å². The molecule has 0 unspecified atom stereocenters. The quantitative estimate of drug-likeness (QED) is 0.890. The van der Waals surface area contributed by atoms with Crippen molar-refractivity contribution < 1.29 is 4.74 Å². The number of ether oxygens (including phenoxy) is 1. The molecule has 2 rings (SSSR count). The van der Waals surface area contributed by atoms with Gasteiger partial charge in [-0.25, -0.2) is 0 Å². The molecule has 2 N–H and O–H groups in total. The van der Waals surface area contributed by atoms with Crippen molar-refractivity contribution in [3.05, 3.63) is 53.6 Å². The monoisotopic (exact) mass is 241 g/mol.